The van der Waals surface area contributed by atoms with E-state index in [9.17, 15) is 4.79 Å². The van der Waals surface area contributed by atoms with Crippen LogP contribution in [0.25, 0.3) is 0 Å². The van der Waals surface area contributed by atoms with E-state index in [1.165, 1.54) is 5.56 Å². The molecule has 2 saturated heterocycles. The first-order valence-corrected chi connectivity index (χ1v) is 8.20. The number of likely N-dealkylation sites (tertiary alicyclic amines) is 1. The predicted molar refractivity (Wildman–Crippen MR) is 86.6 cm³/mol. The van der Waals surface area contributed by atoms with Gasteiger partial charge in [0.1, 0.15) is 5.60 Å². The lowest BCUT2D eigenvalue weighted by atomic mass is 10.1. The van der Waals surface area contributed by atoms with Gasteiger partial charge < -0.3 is 4.74 Å². The minimum atomic E-state index is -0.419. The zero-order chi connectivity index (χ0) is 15.7. The topological polar surface area (TPSA) is 32.8 Å². The Balaban J connectivity index is 1.63. The van der Waals surface area contributed by atoms with Gasteiger partial charge in [0.25, 0.3) is 0 Å². The van der Waals surface area contributed by atoms with Gasteiger partial charge in [-0.3, -0.25) is 9.80 Å². The average Bonchev–Trinajstić information content (AvgIpc) is 2.70. The highest BCUT2D eigenvalue weighted by atomic mass is 16.6. The third-order valence-electron chi connectivity index (χ3n) is 4.41. The number of rotatable bonds is 2. The summed E-state index contributed by atoms with van der Waals surface area (Å²) in [5.74, 6) is 0. The molecule has 1 aromatic carbocycles. The first-order chi connectivity index (χ1) is 10.4. The molecule has 0 saturated carbocycles. The molecular formula is C18H26N2O2. The van der Waals surface area contributed by atoms with E-state index in [0.717, 1.165) is 32.5 Å². The summed E-state index contributed by atoms with van der Waals surface area (Å²) in [6.45, 7) is 8.65. The molecule has 0 N–H and O–H groups in total. The van der Waals surface area contributed by atoms with Gasteiger partial charge in [0.2, 0.25) is 0 Å². The largest absolute Gasteiger partial charge is 0.444 e. The summed E-state index contributed by atoms with van der Waals surface area (Å²) >= 11 is 0. The highest BCUT2D eigenvalue weighted by Gasteiger charge is 2.44. The summed E-state index contributed by atoms with van der Waals surface area (Å²) in [7, 11) is 0. The molecule has 4 nitrogen and oxygen atoms in total. The zero-order valence-electron chi connectivity index (χ0n) is 13.8. The number of hydrogen-bond donors (Lipinski definition) is 0. The van der Waals surface area contributed by atoms with Gasteiger partial charge in [0, 0.05) is 31.7 Å². The lowest BCUT2D eigenvalue weighted by Gasteiger charge is -2.41. The SMILES string of the molecule is CC(C)(C)OC(=O)N1[C@H]2CC[C@H]1CN(Cc1ccccc1)C2. The molecule has 1 aromatic rings. The molecule has 0 spiro atoms. The van der Waals surface area contributed by atoms with Crippen molar-refractivity contribution < 1.29 is 9.53 Å². The smallest absolute Gasteiger partial charge is 0.410 e. The normalized spacial score (nSPS) is 25.3. The van der Waals surface area contributed by atoms with Crippen molar-refractivity contribution in [2.75, 3.05) is 13.1 Å². The Morgan fingerprint density at radius 3 is 2.27 bits per heavy atom. The van der Waals surface area contributed by atoms with Crippen LogP contribution >= 0.6 is 0 Å². The van der Waals surface area contributed by atoms with Crippen LogP contribution in [0, 0.1) is 0 Å². The Labute approximate surface area is 133 Å². The molecule has 2 atom stereocenters. The quantitative estimate of drug-likeness (QED) is 0.840. The molecule has 2 aliphatic heterocycles. The monoisotopic (exact) mass is 302 g/mol. The van der Waals surface area contributed by atoms with E-state index in [4.69, 9.17) is 4.74 Å². The molecule has 2 heterocycles. The van der Waals surface area contributed by atoms with E-state index in [-0.39, 0.29) is 6.09 Å². The zero-order valence-corrected chi connectivity index (χ0v) is 13.8. The molecule has 4 heteroatoms. The van der Waals surface area contributed by atoms with Crippen LogP contribution in [0.3, 0.4) is 0 Å². The van der Waals surface area contributed by atoms with Crippen molar-refractivity contribution in [3.8, 4) is 0 Å². The second kappa shape index (κ2) is 5.92. The lowest BCUT2D eigenvalue weighted by Crippen LogP contribution is -2.56. The maximum atomic E-state index is 12.4. The van der Waals surface area contributed by atoms with Gasteiger partial charge in [-0.25, -0.2) is 4.79 Å². The fourth-order valence-electron chi connectivity index (χ4n) is 3.57. The van der Waals surface area contributed by atoms with Crippen LogP contribution in [-0.4, -0.2) is 46.7 Å². The fraction of sp³-hybridized carbons (Fsp3) is 0.611. The Morgan fingerprint density at radius 2 is 1.73 bits per heavy atom. The fourth-order valence-corrected chi connectivity index (χ4v) is 3.57. The van der Waals surface area contributed by atoms with E-state index >= 15 is 0 Å². The van der Waals surface area contributed by atoms with Crippen molar-refractivity contribution in [3.05, 3.63) is 35.9 Å². The van der Waals surface area contributed by atoms with Crippen LogP contribution in [-0.2, 0) is 11.3 Å². The Bertz CT molecular complexity index is 510. The lowest BCUT2D eigenvalue weighted by molar-refractivity contribution is -0.00541. The molecule has 2 bridgehead atoms. The van der Waals surface area contributed by atoms with Crippen LogP contribution in [0.4, 0.5) is 4.79 Å². The van der Waals surface area contributed by atoms with Crippen molar-refractivity contribution >= 4 is 6.09 Å². The van der Waals surface area contributed by atoms with Crippen LogP contribution in [0.1, 0.15) is 39.2 Å². The van der Waals surface area contributed by atoms with Crippen molar-refractivity contribution in [3.63, 3.8) is 0 Å². The molecule has 3 rings (SSSR count). The molecule has 120 valence electrons. The van der Waals surface area contributed by atoms with E-state index in [2.05, 4.69) is 29.2 Å². The molecule has 1 amide bonds. The van der Waals surface area contributed by atoms with Gasteiger partial charge in [0.15, 0.2) is 0 Å². The number of amides is 1. The number of ether oxygens (including phenoxy) is 1. The second-order valence-corrected chi connectivity index (χ2v) is 7.45. The highest BCUT2D eigenvalue weighted by molar-refractivity contribution is 5.69. The third-order valence-corrected chi connectivity index (χ3v) is 4.41. The summed E-state index contributed by atoms with van der Waals surface area (Å²) in [6, 6.07) is 11.2. The number of hydrogen-bond acceptors (Lipinski definition) is 3. The average molecular weight is 302 g/mol. The van der Waals surface area contributed by atoms with Crippen molar-refractivity contribution in [2.45, 2.75) is 57.8 Å². The van der Waals surface area contributed by atoms with Crippen LogP contribution in [0.15, 0.2) is 30.3 Å². The Kier molecular flexibility index (Phi) is 4.13. The number of benzene rings is 1. The minimum absolute atomic E-state index is 0.139. The van der Waals surface area contributed by atoms with Crippen molar-refractivity contribution in [1.82, 2.24) is 9.80 Å². The number of nitrogens with zero attached hydrogens (tertiary/aromatic N) is 2. The van der Waals surface area contributed by atoms with E-state index in [1.807, 2.05) is 31.7 Å². The van der Waals surface area contributed by atoms with Gasteiger partial charge in [-0.15, -0.1) is 0 Å². The van der Waals surface area contributed by atoms with Crippen molar-refractivity contribution in [2.24, 2.45) is 0 Å². The van der Waals surface area contributed by atoms with Crippen LogP contribution in [0.5, 0.6) is 0 Å². The van der Waals surface area contributed by atoms with Crippen LogP contribution < -0.4 is 0 Å². The van der Waals surface area contributed by atoms with Gasteiger partial charge in [-0.1, -0.05) is 30.3 Å². The van der Waals surface area contributed by atoms with Crippen molar-refractivity contribution in [1.29, 1.82) is 0 Å². The molecule has 2 aliphatic rings. The van der Waals surface area contributed by atoms with Gasteiger partial charge in [-0.05, 0) is 39.2 Å². The summed E-state index contributed by atoms with van der Waals surface area (Å²) in [5.41, 5.74) is 0.921. The second-order valence-electron chi connectivity index (χ2n) is 7.45. The maximum absolute atomic E-state index is 12.4. The van der Waals surface area contributed by atoms with Gasteiger partial charge >= 0.3 is 6.09 Å². The molecule has 0 aromatic heterocycles. The van der Waals surface area contributed by atoms with E-state index < -0.39 is 5.60 Å². The van der Waals surface area contributed by atoms with E-state index in [1.54, 1.807) is 0 Å². The number of fused-ring (bicyclic) bond motifs is 2. The molecule has 22 heavy (non-hydrogen) atoms. The summed E-state index contributed by atoms with van der Waals surface area (Å²) in [4.78, 5) is 16.9. The molecule has 0 aliphatic carbocycles. The first kappa shape index (κ1) is 15.3. The molecule has 0 radical (unpaired) electrons. The Hall–Kier alpha value is -1.55. The molecule has 2 fully saturated rings. The van der Waals surface area contributed by atoms with E-state index in [0.29, 0.717) is 12.1 Å². The summed E-state index contributed by atoms with van der Waals surface area (Å²) in [5, 5.41) is 0. The summed E-state index contributed by atoms with van der Waals surface area (Å²) < 4.78 is 5.58. The number of piperazine rings is 1. The first-order valence-electron chi connectivity index (χ1n) is 8.20. The number of carbonyl (C=O) groups excluding carboxylic acids is 1. The standard InChI is InChI=1S/C18H26N2O2/c1-18(2,3)22-17(21)20-15-9-10-16(20)13-19(12-15)11-14-7-5-4-6-8-14/h4-8,15-16H,9-13H2,1-3H3/t15-,16-/m0/s1. The molecular weight excluding hydrogens is 276 g/mol. The molecule has 0 unspecified atom stereocenters. The Morgan fingerprint density at radius 1 is 1.14 bits per heavy atom. The number of carbonyl (C=O) groups is 1. The minimum Gasteiger partial charge on any atom is -0.444 e. The third kappa shape index (κ3) is 3.43. The van der Waals surface area contributed by atoms with Gasteiger partial charge in [-0.2, -0.15) is 0 Å². The van der Waals surface area contributed by atoms with Crippen LogP contribution in [0.2, 0.25) is 0 Å². The predicted octanol–water partition coefficient (Wildman–Crippen LogP) is 3.27. The maximum Gasteiger partial charge on any atom is 0.410 e. The summed E-state index contributed by atoms with van der Waals surface area (Å²) in [6.07, 6.45) is 2.05. The van der Waals surface area contributed by atoms with Gasteiger partial charge in [0.05, 0.1) is 0 Å². The highest BCUT2D eigenvalue weighted by Crippen LogP contribution is 2.32.